The van der Waals surface area contributed by atoms with Crippen LogP contribution in [0.15, 0.2) is 41.2 Å². The largest absolute Gasteiger partial charge is 0.469 e. The average Bonchev–Trinajstić information content (AvgIpc) is 2.99. The van der Waals surface area contributed by atoms with E-state index in [0.29, 0.717) is 16.8 Å². The first-order valence-electron chi connectivity index (χ1n) is 9.92. The van der Waals surface area contributed by atoms with E-state index < -0.39 is 35.7 Å². The van der Waals surface area contributed by atoms with Crippen molar-refractivity contribution in [2.75, 3.05) is 13.7 Å². The van der Waals surface area contributed by atoms with Crippen molar-refractivity contribution in [2.24, 2.45) is 11.8 Å². The maximum atomic E-state index is 13.7. The van der Waals surface area contributed by atoms with E-state index in [1.165, 1.54) is 25.3 Å². The monoisotopic (exact) mass is 414 g/mol. The summed E-state index contributed by atoms with van der Waals surface area (Å²) < 4.78 is 20.2. The SMILES string of the molecule is CCC(=O)N1[C@@H]2c3ccc(-c4cccc(F)c4)c(=O)n3C[C@H]1[C@H](CO)[C@H]2C(=O)OC. The van der Waals surface area contributed by atoms with E-state index in [0.717, 1.165) is 0 Å². The number of aliphatic hydroxyl groups is 1. The Morgan fingerprint density at radius 1 is 1.27 bits per heavy atom. The number of methoxy groups -OCH3 is 1. The second-order valence-electron chi connectivity index (χ2n) is 7.66. The maximum Gasteiger partial charge on any atom is 0.311 e. The fourth-order valence-electron chi connectivity index (χ4n) is 4.91. The van der Waals surface area contributed by atoms with Crippen molar-refractivity contribution in [3.63, 3.8) is 0 Å². The molecule has 0 aliphatic carbocycles. The van der Waals surface area contributed by atoms with Crippen molar-refractivity contribution >= 4 is 11.9 Å². The molecular weight excluding hydrogens is 391 g/mol. The zero-order chi connectivity index (χ0) is 21.6. The Morgan fingerprint density at radius 2 is 2.03 bits per heavy atom. The number of esters is 1. The van der Waals surface area contributed by atoms with Crippen LogP contribution in [-0.4, -0.2) is 46.2 Å². The second-order valence-corrected chi connectivity index (χ2v) is 7.66. The summed E-state index contributed by atoms with van der Waals surface area (Å²) in [5.41, 5.74) is 0.990. The number of fused-ring (bicyclic) bond motifs is 4. The van der Waals surface area contributed by atoms with E-state index in [-0.39, 0.29) is 31.0 Å². The van der Waals surface area contributed by atoms with Crippen molar-refractivity contribution in [2.45, 2.75) is 32.0 Å². The van der Waals surface area contributed by atoms with Gasteiger partial charge in [-0.05, 0) is 29.8 Å². The van der Waals surface area contributed by atoms with Gasteiger partial charge in [0.2, 0.25) is 5.91 Å². The highest BCUT2D eigenvalue weighted by Gasteiger charge is 2.57. The number of carbonyl (C=O) groups is 2. The number of amides is 1. The molecule has 1 fully saturated rings. The third kappa shape index (κ3) is 2.94. The summed E-state index contributed by atoms with van der Waals surface area (Å²) in [7, 11) is 1.27. The van der Waals surface area contributed by atoms with Crippen LogP contribution in [0.2, 0.25) is 0 Å². The summed E-state index contributed by atoms with van der Waals surface area (Å²) in [5.74, 6) is -2.43. The zero-order valence-electron chi connectivity index (χ0n) is 16.7. The first kappa shape index (κ1) is 20.3. The lowest BCUT2D eigenvalue weighted by Gasteiger charge is -2.38. The minimum atomic E-state index is -0.770. The van der Waals surface area contributed by atoms with E-state index in [1.54, 1.807) is 34.6 Å². The molecule has 2 aliphatic rings. The fourth-order valence-corrected chi connectivity index (χ4v) is 4.91. The van der Waals surface area contributed by atoms with E-state index in [9.17, 15) is 23.9 Å². The molecule has 0 radical (unpaired) electrons. The molecule has 0 saturated carbocycles. The summed E-state index contributed by atoms with van der Waals surface area (Å²) in [5, 5.41) is 10.0. The highest BCUT2D eigenvalue weighted by molar-refractivity contribution is 5.81. The number of halogens is 1. The Balaban J connectivity index is 1.89. The van der Waals surface area contributed by atoms with Gasteiger partial charge in [-0.1, -0.05) is 19.1 Å². The van der Waals surface area contributed by atoms with Gasteiger partial charge in [-0.3, -0.25) is 14.4 Å². The summed E-state index contributed by atoms with van der Waals surface area (Å²) in [4.78, 5) is 40.2. The van der Waals surface area contributed by atoms with Crippen molar-refractivity contribution < 1.29 is 23.8 Å². The zero-order valence-corrected chi connectivity index (χ0v) is 16.7. The molecular formula is C22H23FN2O5. The highest BCUT2D eigenvalue weighted by Crippen LogP contribution is 2.49. The Bertz CT molecular complexity index is 1070. The van der Waals surface area contributed by atoms with Crippen molar-refractivity contribution in [3.05, 3.63) is 58.3 Å². The number of aliphatic hydroxyl groups excluding tert-OH is 1. The Hall–Kier alpha value is -3.00. The smallest absolute Gasteiger partial charge is 0.311 e. The molecule has 8 heteroatoms. The molecule has 0 unspecified atom stereocenters. The second kappa shape index (κ2) is 7.68. The molecule has 1 saturated heterocycles. The van der Waals surface area contributed by atoms with Crippen LogP contribution in [0.5, 0.6) is 0 Å². The summed E-state index contributed by atoms with van der Waals surface area (Å²) in [6.45, 7) is 1.57. The predicted octanol–water partition coefficient (Wildman–Crippen LogP) is 1.73. The van der Waals surface area contributed by atoms with Gasteiger partial charge < -0.3 is 19.3 Å². The quantitative estimate of drug-likeness (QED) is 0.770. The molecule has 0 spiro atoms. The van der Waals surface area contributed by atoms with E-state index in [1.807, 2.05) is 0 Å². The third-order valence-electron chi connectivity index (χ3n) is 6.24. The van der Waals surface area contributed by atoms with Crippen LogP contribution in [0, 0.1) is 17.7 Å². The number of ether oxygens (including phenoxy) is 1. The fraction of sp³-hybridized carbons (Fsp3) is 0.409. The summed E-state index contributed by atoms with van der Waals surface area (Å²) in [6.07, 6.45) is 0.241. The van der Waals surface area contributed by atoms with Crippen molar-refractivity contribution in [1.29, 1.82) is 0 Å². The maximum absolute atomic E-state index is 13.7. The number of carbonyl (C=O) groups excluding carboxylic acids is 2. The Labute approximate surface area is 172 Å². The molecule has 3 heterocycles. The van der Waals surface area contributed by atoms with E-state index in [2.05, 4.69) is 0 Å². The lowest BCUT2D eigenvalue weighted by molar-refractivity contribution is -0.148. The van der Waals surface area contributed by atoms with Gasteiger partial charge in [0.05, 0.1) is 25.1 Å². The summed E-state index contributed by atoms with van der Waals surface area (Å²) in [6, 6.07) is 7.88. The van der Waals surface area contributed by atoms with Gasteiger partial charge in [0, 0.05) is 36.7 Å². The lowest BCUT2D eigenvalue weighted by atomic mass is 9.87. The standard InChI is InChI=1S/C22H23FN2O5/c1-3-18(27)25-17-10-24-16(20(25)19(15(17)11-26)22(29)30-2)8-7-14(21(24)28)12-5-4-6-13(23)9-12/h4-9,15,17,19-20,26H,3,10-11H2,1-2H3/t15-,17-,19+,20+/m0/s1. The normalized spacial score (nSPS) is 24.5. The predicted molar refractivity (Wildman–Crippen MR) is 106 cm³/mol. The van der Waals surface area contributed by atoms with Crippen LogP contribution in [0.1, 0.15) is 25.1 Å². The third-order valence-corrected chi connectivity index (χ3v) is 6.24. The van der Waals surface area contributed by atoms with Crippen molar-refractivity contribution in [1.82, 2.24) is 9.47 Å². The number of benzene rings is 1. The molecule has 4 rings (SSSR count). The molecule has 7 nitrogen and oxygen atoms in total. The number of nitrogens with zero attached hydrogens (tertiary/aromatic N) is 2. The minimum absolute atomic E-state index is 0.150. The van der Waals surface area contributed by atoms with Gasteiger partial charge in [0.15, 0.2) is 0 Å². The number of pyridine rings is 1. The van der Waals surface area contributed by atoms with E-state index >= 15 is 0 Å². The van der Waals surface area contributed by atoms with Crippen molar-refractivity contribution in [3.8, 4) is 11.1 Å². The number of rotatable bonds is 4. The molecule has 2 aliphatic heterocycles. The average molecular weight is 414 g/mol. The number of aromatic nitrogens is 1. The van der Waals surface area contributed by atoms with Crippen LogP contribution in [0.3, 0.4) is 0 Å². The van der Waals surface area contributed by atoms with Crippen LogP contribution in [-0.2, 0) is 20.9 Å². The molecule has 2 bridgehead atoms. The highest BCUT2D eigenvalue weighted by atomic mass is 19.1. The van der Waals surface area contributed by atoms with Crippen LogP contribution < -0.4 is 5.56 Å². The minimum Gasteiger partial charge on any atom is -0.469 e. The van der Waals surface area contributed by atoms with Gasteiger partial charge in [0.1, 0.15) is 5.82 Å². The molecule has 1 N–H and O–H groups in total. The molecule has 4 atom stereocenters. The molecule has 2 aromatic rings. The number of hydrogen-bond donors (Lipinski definition) is 1. The van der Waals surface area contributed by atoms with Crippen LogP contribution in [0.4, 0.5) is 4.39 Å². The molecule has 30 heavy (non-hydrogen) atoms. The molecule has 1 aromatic carbocycles. The van der Waals surface area contributed by atoms with Gasteiger partial charge in [-0.2, -0.15) is 0 Å². The topological polar surface area (TPSA) is 88.8 Å². The van der Waals surface area contributed by atoms with Gasteiger partial charge in [0.25, 0.3) is 5.56 Å². The van der Waals surface area contributed by atoms with Gasteiger partial charge in [-0.15, -0.1) is 0 Å². The first-order valence-corrected chi connectivity index (χ1v) is 9.92. The lowest BCUT2D eigenvalue weighted by Crippen LogP contribution is -2.49. The first-order chi connectivity index (χ1) is 14.4. The Kier molecular flexibility index (Phi) is 5.19. The molecule has 158 valence electrons. The number of hydrogen-bond acceptors (Lipinski definition) is 5. The van der Waals surface area contributed by atoms with E-state index in [4.69, 9.17) is 4.74 Å². The molecule has 1 amide bonds. The molecule has 1 aromatic heterocycles. The summed E-state index contributed by atoms with van der Waals surface area (Å²) >= 11 is 0. The van der Waals surface area contributed by atoms with Crippen LogP contribution in [0.25, 0.3) is 11.1 Å². The Morgan fingerprint density at radius 3 is 2.67 bits per heavy atom. The van der Waals surface area contributed by atoms with Gasteiger partial charge >= 0.3 is 5.97 Å². The van der Waals surface area contributed by atoms with Crippen LogP contribution >= 0.6 is 0 Å². The van der Waals surface area contributed by atoms with Gasteiger partial charge in [-0.25, -0.2) is 4.39 Å².